The third-order valence-electron chi connectivity index (χ3n) is 2.16. The van der Waals surface area contributed by atoms with E-state index in [-0.39, 0.29) is 11.6 Å². The van der Waals surface area contributed by atoms with Gasteiger partial charge in [-0.1, -0.05) is 0 Å². The molecule has 4 nitrogen and oxygen atoms in total. The van der Waals surface area contributed by atoms with Crippen LogP contribution in [0.3, 0.4) is 0 Å². The predicted octanol–water partition coefficient (Wildman–Crippen LogP) is 1.79. The Bertz CT molecular complexity index is 528. The fourth-order valence-corrected chi connectivity index (χ4v) is 1.82. The predicted molar refractivity (Wildman–Crippen MR) is 64.1 cm³/mol. The topological polar surface area (TPSA) is 68.0 Å². The first-order valence-electron chi connectivity index (χ1n) is 4.87. The number of aromatic nitrogens is 1. The average Bonchev–Trinajstić information content (AvgIpc) is 2.82. The number of nitrogens with one attached hydrogen (secondary N) is 1. The highest BCUT2D eigenvalue weighted by Crippen LogP contribution is 2.12. The highest BCUT2D eigenvalue weighted by atomic mass is 32.1. The third-order valence-corrected chi connectivity index (χ3v) is 2.94. The van der Waals surface area contributed by atoms with Gasteiger partial charge in [-0.15, -0.1) is 11.3 Å². The second-order valence-electron chi connectivity index (χ2n) is 3.39. The van der Waals surface area contributed by atoms with Gasteiger partial charge in [-0.05, 0) is 18.2 Å². The molecule has 88 valence electrons. The van der Waals surface area contributed by atoms with Crippen LogP contribution in [-0.2, 0) is 6.54 Å². The maximum Gasteiger partial charge on any atom is 0.251 e. The van der Waals surface area contributed by atoms with Crippen LogP contribution in [0.15, 0.2) is 29.9 Å². The number of carbonyl (C=O) groups is 1. The van der Waals surface area contributed by atoms with Crippen molar-refractivity contribution in [2.75, 3.05) is 5.73 Å². The first kappa shape index (κ1) is 11.5. The number of rotatable bonds is 3. The van der Waals surface area contributed by atoms with Gasteiger partial charge in [0.25, 0.3) is 5.91 Å². The molecule has 1 aromatic heterocycles. The summed E-state index contributed by atoms with van der Waals surface area (Å²) >= 11 is 1.46. The second kappa shape index (κ2) is 4.92. The number of nitrogens with two attached hydrogens (primary N) is 1. The zero-order valence-corrected chi connectivity index (χ0v) is 9.63. The Balaban J connectivity index is 2.02. The van der Waals surface area contributed by atoms with E-state index in [4.69, 9.17) is 5.73 Å². The summed E-state index contributed by atoms with van der Waals surface area (Å²) < 4.78 is 12.9. The Hall–Kier alpha value is -1.95. The molecule has 0 bridgehead atoms. The van der Waals surface area contributed by atoms with Gasteiger partial charge < -0.3 is 11.1 Å². The molecule has 0 aliphatic heterocycles. The quantitative estimate of drug-likeness (QED) is 0.817. The Morgan fingerprint density at radius 3 is 3.00 bits per heavy atom. The zero-order valence-electron chi connectivity index (χ0n) is 8.81. The van der Waals surface area contributed by atoms with Gasteiger partial charge in [0, 0.05) is 16.6 Å². The average molecular weight is 251 g/mol. The molecule has 6 heteroatoms. The number of amides is 1. The Labute approximate surface area is 101 Å². The number of benzene rings is 1. The molecule has 0 saturated heterocycles. The van der Waals surface area contributed by atoms with Crippen molar-refractivity contribution in [2.24, 2.45) is 0 Å². The second-order valence-corrected chi connectivity index (χ2v) is 4.36. The summed E-state index contributed by atoms with van der Waals surface area (Å²) in [7, 11) is 0. The first-order chi connectivity index (χ1) is 8.16. The number of carbonyl (C=O) groups excluding carboxylic acids is 1. The highest BCUT2D eigenvalue weighted by Gasteiger charge is 2.08. The van der Waals surface area contributed by atoms with Gasteiger partial charge in [-0.3, -0.25) is 9.78 Å². The SMILES string of the molecule is Nc1cc(C(=O)NCc2cncs2)ccc1F. The molecule has 3 N–H and O–H groups in total. The van der Waals surface area contributed by atoms with Gasteiger partial charge in [-0.2, -0.15) is 0 Å². The van der Waals surface area contributed by atoms with Gasteiger partial charge in [0.05, 0.1) is 17.7 Å². The first-order valence-corrected chi connectivity index (χ1v) is 5.75. The van der Waals surface area contributed by atoms with Crippen LogP contribution >= 0.6 is 11.3 Å². The molecule has 1 amide bonds. The van der Waals surface area contributed by atoms with E-state index in [9.17, 15) is 9.18 Å². The molecule has 0 unspecified atom stereocenters. The van der Waals surface area contributed by atoms with E-state index < -0.39 is 5.82 Å². The monoisotopic (exact) mass is 251 g/mol. The molecule has 0 radical (unpaired) electrons. The maximum absolute atomic E-state index is 12.9. The summed E-state index contributed by atoms with van der Waals surface area (Å²) in [4.78, 5) is 16.5. The van der Waals surface area contributed by atoms with E-state index >= 15 is 0 Å². The summed E-state index contributed by atoms with van der Waals surface area (Å²) in [6.07, 6.45) is 1.68. The van der Waals surface area contributed by atoms with Crippen molar-refractivity contribution in [1.29, 1.82) is 0 Å². The number of anilines is 1. The number of nitrogen functional groups attached to an aromatic ring is 1. The Morgan fingerprint density at radius 1 is 1.53 bits per heavy atom. The van der Waals surface area contributed by atoms with Crippen LogP contribution in [0, 0.1) is 5.82 Å². The smallest absolute Gasteiger partial charge is 0.251 e. The molecule has 0 saturated carbocycles. The van der Waals surface area contributed by atoms with Crippen molar-refractivity contribution in [2.45, 2.75) is 6.54 Å². The zero-order chi connectivity index (χ0) is 12.3. The Kier molecular flexibility index (Phi) is 3.34. The molecule has 0 spiro atoms. The normalized spacial score (nSPS) is 10.2. The minimum atomic E-state index is -0.524. The van der Waals surface area contributed by atoms with Crippen molar-refractivity contribution in [3.05, 3.63) is 46.2 Å². The van der Waals surface area contributed by atoms with Crippen LogP contribution in [0.25, 0.3) is 0 Å². The molecule has 0 aliphatic rings. The minimum absolute atomic E-state index is 0.0320. The number of thiazole rings is 1. The van der Waals surface area contributed by atoms with E-state index in [0.29, 0.717) is 12.1 Å². The van der Waals surface area contributed by atoms with Crippen molar-refractivity contribution < 1.29 is 9.18 Å². The number of hydrogen-bond donors (Lipinski definition) is 2. The van der Waals surface area contributed by atoms with E-state index in [1.807, 2.05) is 0 Å². The minimum Gasteiger partial charge on any atom is -0.396 e. The lowest BCUT2D eigenvalue weighted by Crippen LogP contribution is -2.22. The van der Waals surface area contributed by atoms with Crippen LogP contribution in [0.1, 0.15) is 15.2 Å². The Morgan fingerprint density at radius 2 is 2.35 bits per heavy atom. The molecule has 2 aromatic rings. The van der Waals surface area contributed by atoms with Gasteiger partial charge in [0.15, 0.2) is 0 Å². The number of hydrogen-bond acceptors (Lipinski definition) is 4. The van der Waals surface area contributed by atoms with Crippen LogP contribution in [0.2, 0.25) is 0 Å². The third kappa shape index (κ3) is 2.79. The largest absolute Gasteiger partial charge is 0.396 e. The van der Waals surface area contributed by atoms with Gasteiger partial charge in [0.1, 0.15) is 5.82 Å². The van der Waals surface area contributed by atoms with Crippen LogP contribution in [0.5, 0.6) is 0 Å². The molecular formula is C11H10FN3OS. The van der Waals surface area contributed by atoms with E-state index in [2.05, 4.69) is 10.3 Å². The van der Waals surface area contributed by atoms with Gasteiger partial charge in [-0.25, -0.2) is 4.39 Å². The van der Waals surface area contributed by atoms with Gasteiger partial charge in [0.2, 0.25) is 0 Å². The maximum atomic E-state index is 12.9. The standard InChI is InChI=1S/C11H10FN3OS/c12-9-2-1-7(3-10(9)13)11(16)15-5-8-4-14-6-17-8/h1-4,6H,5,13H2,(H,15,16). The highest BCUT2D eigenvalue weighted by molar-refractivity contribution is 7.09. The van der Waals surface area contributed by atoms with Crippen molar-refractivity contribution in [3.63, 3.8) is 0 Å². The van der Waals surface area contributed by atoms with E-state index in [0.717, 1.165) is 4.88 Å². The summed E-state index contributed by atoms with van der Waals surface area (Å²) in [5.41, 5.74) is 7.39. The lowest BCUT2D eigenvalue weighted by molar-refractivity contribution is 0.0951. The lowest BCUT2D eigenvalue weighted by atomic mass is 10.2. The van der Waals surface area contributed by atoms with Crippen molar-refractivity contribution >= 4 is 22.9 Å². The van der Waals surface area contributed by atoms with Crippen molar-refractivity contribution in [1.82, 2.24) is 10.3 Å². The number of halogens is 1. The lowest BCUT2D eigenvalue weighted by Gasteiger charge is -2.04. The van der Waals surface area contributed by atoms with E-state index in [1.165, 1.54) is 29.5 Å². The fraction of sp³-hybridized carbons (Fsp3) is 0.0909. The van der Waals surface area contributed by atoms with E-state index in [1.54, 1.807) is 11.7 Å². The molecule has 1 heterocycles. The van der Waals surface area contributed by atoms with Crippen molar-refractivity contribution in [3.8, 4) is 0 Å². The molecular weight excluding hydrogens is 241 g/mol. The van der Waals surface area contributed by atoms with Gasteiger partial charge >= 0.3 is 0 Å². The molecule has 0 aliphatic carbocycles. The summed E-state index contributed by atoms with van der Waals surface area (Å²) in [6, 6.07) is 3.89. The molecule has 0 atom stereocenters. The molecule has 2 rings (SSSR count). The summed E-state index contributed by atoms with van der Waals surface area (Å²) in [6.45, 7) is 0.404. The van der Waals surface area contributed by atoms with Crippen LogP contribution < -0.4 is 11.1 Å². The molecule has 17 heavy (non-hydrogen) atoms. The molecule has 0 fully saturated rings. The van der Waals surface area contributed by atoms with Crippen LogP contribution in [0.4, 0.5) is 10.1 Å². The number of nitrogens with zero attached hydrogens (tertiary/aromatic N) is 1. The van der Waals surface area contributed by atoms with Crippen LogP contribution in [-0.4, -0.2) is 10.9 Å². The molecule has 1 aromatic carbocycles. The fourth-order valence-electron chi connectivity index (χ4n) is 1.28. The summed E-state index contributed by atoms with van der Waals surface area (Å²) in [5.74, 6) is -0.811. The summed E-state index contributed by atoms with van der Waals surface area (Å²) in [5, 5.41) is 2.70.